The minimum absolute atomic E-state index is 0.704. The molecule has 0 unspecified atom stereocenters. The lowest BCUT2D eigenvalue weighted by Crippen LogP contribution is -2.08. The van der Waals surface area contributed by atoms with Crippen molar-refractivity contribution < 1.29 is 4.74 Å². The van der Waals surface area contributed by atoms with E-state index in [1.807, 2.05) is 6.92 Å². The summed E-state index contributed by atoms with van der Waals surface area (Å²) in [6, 6.07) is 8.70. The molecule has 110 valence electrons. The highest BCUT2D eigenvalue weighted by atomic mass is 16.5. The molecule has 1 heterocycles. The molecule has 1 aliphatic rings. The molecule has 0 bridgehead atoms. The van der Waals surface area contributed by atoms with Gasteiger partial charge in [-0.1, -0.05) is 30.7 Å². The third-order valence-corrected chi connectivity index (χ3v) is 4.11. The Balaban J connectivity index is 1.93. The molecule has 4 nitrogen and oxygen atoms in total. The zero-order valence-corrected chi connectivity index (χ0v) is 12.6. The van der Waals surface area contributed by atoms with Crippen molar-refractivity contribution in [1.82, 2.24) is 9.97 Å². The van der Waals surface area contributed by atoms with Gasteiger partial charge >= 0.3 is 0 Å². The molecule has 1 fully saturated rings. The van der Waals surface area contributed by atoms with Gasteiger partial charge in [-0.15, -0.1) is 0 Å². The summed E-state index contributed by atoms with van der Waals surface area (Å²) in [5.41, 5.74) is 3.34. The molecule has 1 aromatic carbocycles. The number of nitrogens with one attached hydrogen (secondary N) is 1. The number of ether oxygens (including phenoxy) is 1. The Morgan fingerprint density at radius 2 is 1.95 bits per heavy atom. The zero-order chi connectivity index (χ0) is 14.7. The van der Waals surface area contributed by atoms with Gasteiger partial charge < -0.3 is 10.1 Å². The Hall–Kier alpha value is -2.10. The second-order valence-corrected chi connectivity index (χ2v) is 5.38. The number of aromatic nitrogens is 2. The van der Waals surface area contributed by atoms with Gasteiger partial charge in [0.15, 0.2) is 11.6 Å². The first-order chi connectivity index (χ1) is 10.3. The predicted molar refractivity (Wildman–Crippen MR) is 84.8 cm³/mol. The number of methoxy groups -OCH3 is 1. The van der Waals surface area contributed by atoms with E-state index in [2.05, 4.69) is 39.6 Å². The highest BCUT2D eigenvalue weighted by molar-refractivity contribution is 5.72. The van der Waals surface area contributed by atoms with Gasteiger partial charge in [-0.25, -0.2) is 9.97 Å². The van der Waals surface area contributed by atoms with Crippen LogP contribution in [0.4, 0.5) is 5.82 Å². The van der Waals surface area contributed by atoms with Crippen molar-refractivity contribution in [3.63, 3.8) is 0 Å². The maximum absolute atomic E-state index is 5.51. The first kappa shape index (κ1) is 13.9. The molecule has 0 saturated heterocycles. The van der Waals surface area contributed by atoms with Crippen molar-refractivity contribution in [1.29, 1.82) is 0 Å². The Bertz CT molecular complexity index is 606. The zero-order valence-electron chi connectivity index (χ0n) is 12.6. The fourth-order valence-corrected chi connectivity index (χ4v) is 2.72. The fourth-order valence-electron chi connectivity index (χ4n) is 2.72. The number of benzene rings is 1. The molecule has 1 aromatic heterocycles. The lowest BCUT2D eigenvalue weighted by molar-refractivity contribution is 0.414. The van der Waals surface area contributed by atoms with Gasteiger partial charge in [0, 0.05) is 12.1 Å². The fraction of sp³-hybridized carbons (Fsp3) is 0.412. The summed E-state index contributed by atoms with van der Waals surface area (Å²) in [6.07, 6.45) is 5.58. The lowest BCUT2D eigenvalue weighted by Gasteiger charge is -2.25. The maximum Gasteiger partial charge on any atom is 0.187 e. The Morgan fingerprint density at radius 1 is 1.19 bits per heavy atom. The highest BCUT2D eigenvalue weighted by Gasteiger charge is 2.20. The van der Waals surface area contributed by atoms with Gasteiger partial charge in [0.1, 0.15) is 12.0 Å². The summed E-state index contributed by atoms with van der Waals surface area (Å²) in [5, 5.41) is 3.21. The molecule has 1 saturated carbocycles. The summed E-state index contributed by atoms with van der Waals surface area (Å²) in [7, 11) is 1.66. The molecule has 0 aliphatic heterocycles. The monoisotopic (exact) mass is 283 g/mol. The van der Waals surface area contributed by atoms with Crippen LogP contribution in [0.2, 0.25) is 0 Å². The van der Waals surface area contributed by atoms with Gasteiger partial charge in [-0.05, 0) is 31.2 Å². The maximum atomic E-state index is 5.51. The van der Waals surface area contributed by atoms with Crippen molar-refractivity contribution in [2.24, 2.45) is 0 Å². The molecule has 2 aromatic rings. The van der Waals surface area contributed by atoms with E-state index in [0.717, 1.165) is 29.5 Å². The number of hydrogen-bond donors (Lipinski definition) is 1. The molecule has 0 amide bonds. The van der Waals surface area contributed by atoms with Crippen LogP contribution in [0.5, 0.6) is 5.75 Å². The van der Waals surface area contributed by atoms with E-state index in [4.69, 9.17) is 4.74 Å². The standard InChI is InChI=1S/C17H21N3O/c1-3-18-17-16(21-2)15(19-11-20-17)14-9-7-13(8-10-14)12-5-4-6-12/h7-12H,3-6H2,1-2H3,(H,18,19,20). The molecule has 1 N–H and O–H groups in total. The first-order valence-electron chi connectivity index (χ1n) is 7.56. The van der Waals surface area contributed by atoms with Gasteiger partial charge in [0.05, 0.1) is 7.11 Å². The molecule has 1 aliphatic carbocycles. The molecule has 21 heavy (non-hydrogen) atoms. The molecular formula is C17H21N3O. The number of hydrogen-bond acceptors (Lipinski definition) is 4. The van der Waals surface area contributed by atoms with Gasteiger partial charge in [-0.3, -0.25) is 0 Å². The smallest absolute Gasteiger partial charge is 0.187 e. The Morgan fingerprint density at radius 3 is 2.52 bits per heavy atom. The summed E-state index contributed by atoms with van der Waals surface area (Å²) in [5.74, 6) is 2.20. The molecular weight excluding hydrogens is 262 g/mol. The lowest BCUT2D eigenvalue weighted by atomic mass is 9.80. The number of anilines is 1. The van der Waals surface area contributed by atoms with Crippen molar-refractivity contribution >= 4 is 5.82 Å². The van der Waals surface area contributed by atoms with Crippen LogP contribution in [0.25, 0.3) is 11.3 Å². The normalized spacial score (nSPS) is 14.6. The van der Waals surface area contributed by atoms with E-state index in [1.165, 1.54) is 24.8 Å². The van der Waals surface area contributed by atoms with Gasteiger partial charge in [0.2, 0.25) is 0 Å². The van der Waals surface area contributed by atoms with E-state index < -0.39 is 0 Å². The summed E-state index contributed by atoms with van der Waals surface area (Å²) in [4.78, 5) is 8.64. The topological polar surface area (TPSA) is 47.0 Å². The van der Waals surface area contributed by atoms with Crippen LogP contribution in [0.15, 0.2) is 30.6 Å². The Kier molecular flexibility index (Phi) is 4.04. The SMILES string of the molecule is CCNc1ncnc(-c2ccc(C3CCC3)cc2)c1OC. The summed E-state index contributed by atoms with van der Waals surface area (Å²) in [6.45, 7) is 2.84. The largest absolute Gasteiger partial charge is 0.491 e. The van der Waals surface area contributed by atoms with Crippen molar-refractivity contribution in [3.05, 3.63) is 36.2 Å². The van der Waals surface area contributed by atoms with Crippen LogP contribution in [0.1, 0.15) is 37.7 Å². The quantitative estimate of drug-likeness (QED) is 0.905. The molecule has 3 rings (SSSR count). The van der Waals surface area contributed by atoms with Crippen LogP contribution in [0, 0.1) is 0 Å². The number of rotatable bonds is 5. The second kappa shape index (κ2) is 6.12. The van der Waals surface area contributed by atoms with E-state index in [9.17, 15) is 0 Å². The van der Waals surface area contributed by atoms with Crippen LogP contribution in [-0.4, -0.2) is 23.6 Å². The molecule has 0 spiro atoms. The molecule has 4 heteroatoms. The minimum Gasteiger partial charge on any atom is -0.491 e. The first-order valence-corrected chi connectivity index (χ1v) is 7.56. The highest BCUT2D eigenvalue weighted by Crippen LogP contribution is 2.38. The van der Waals surface area contributed by atoms with E-state index in [0.29, 0.717) is 5.75 Å². The minimum atomic E-state index is 0.704. The van der Waals surface area contributed by atoms with E-state index in [-0.39, 0.29) is 0 Å². The van der Waals surface area contributed by atoms with Crippen LogP contribution in [0.3, 0.4) is 0 Å². The predicted octanol–water partition coefficient (Wildman–Crippen LogP) is 3.85. The van der Waals surface area contributed by atoms with Crippen molar-refractivity contribution in [2.45, 2.75) is 32.1 Å². The van der Waals surface area contributed by atoms with Gasteiger partial charge in [-0.2, -0.15) is 0 Å². The molecule has 0 atom stereocenters. The summed E-state index contributed by atoms with van der Waals surface area (Å²) >= 11 is 0. The van der Waals surface area contributed by atoms with E-state index in [1.54, 1.807) is 13.4 Å². The summed E-state index contributed by atoms with van der Waals surface area (Å²) < 4.78 is 5.51. The van der Waals surface area contributed by atoms with Crippen molar-refractivity contribution in [2.75, 3.05) is 19.0 Å². The van der Waals surface area contributed by atoms with Crippen LogP contribution < -0.4 is 10.1 Å². The average molecular weight is 283 g/mol. The van der Waals surface area contributed by atoms with Crippen LogP contribution >= 0.6 is 0 Å². The second-order valence-electron chi connectivity index (χ2n) is 5.38. The third-order valence-electron chi connectivity index (χ3n) is 4.11. The van der Waals surface area contributed by atoms with Crippen molar-refractivity contribution in [3.8, 4) is 17.0 Å². The van der Waals surface area contributed by atoms with Crippen LogP contribution in [-0.2, 0) is 0 Å². The average Bonchev–Trinajstić information content (AvgIpc) is 2.46. The Labute approximate surface area is 125 Å². The van der Waals surface area contributed by atoms with E-state index >= 15 is 0 Å². The third kappa shape index (κ3) is 2.71. The van der Waals surface area contributed by atoms with Gasteiger partial charge in [0.25, 0.3) is 0 Å². The number of nitrogens with zero attached hydrogens (tertiary/aromatic N) is 2. The molecule has 0 radical (unpaired) electrons.